The Kier molecular flexibility index (Phi) is 6.83. The number of hydrogen-bond acceptors (Lipinski definition) is 5. The second-order valence-corrected chi connectivity index (χ2v) is 8.02. The highest BCUT2D eigenvalue weighted by molar-refractivity contribution is 5.29. The van der Waals surface area contributed by atoms with Gasteiger partial charge >= 0.3 is 6.15 Å². The van der Waals surface area contributed by atoms with E-state index in [1.165, 1.54) is 49.7 Å². The van der Waals surface area contributed by atoms with E-state index in [0.29, 0.717) is 12.0 Å². The minimum absolute atomic E-state index is 0.0146. The number of ether oxygens (including phenoxy) is 3. The van der Waals surface area contributed by atoms with Gasteiger partial charge < -0.3 is 14.2 Å². The molecule has 1 saturated carbocycles. The molecule has 2 bridgehead atoms. The maximum absolute atomic E-state index is 8.12. The van der Waals surface area contributed by atoms with Crippen molar-refractivity contribution in [3.05, 3.63) is 35.4 Å². The highest BCUT2D eigenvalue weighted by Crippen LogP contribution is 2.54. The number of hydrogen-bond donors (Lipinski definition) is 0. The van der Waals surface area contributed by atoms with E-state index in [-0.39, 0.29) is 18.0 Å². The van der Waals surface area contributed by atoms with Crippen molar-refractivity contribution in [2.24, 2.45) is 5.41 Å². The van der Waals surface area contributed by atoms with E-state index in [0.717, 1.165) is 26.1 Å². The maximum atomic E-state index is 8.12. The maximum Gasteiger partial charge on any atom is 0.373 e. The first-order chi connectivity index (χ1) is 13.2. The summed E-state index contributed by atoms with van der Waals surface area (Å²) in [6.07, 6.45) is 9.86. The lowest BCUT2D eigenvalue weighted by Crippen LogP contribution is -2.48. The van der Waals surface area contributed by atoms with Crippen LogP contribution in [0.2, 0.25) is 0 Å². The van der Waals surface area contributed by atoms with Gasteiger partial charge in [-0.05, 0) is 67.9 Å². The molecule has 148 valence electrons. The monoisotopic (exact) mass is 374 g/mol. The molecule has 4 fully saturated rings. The molecule has 5 rings (SSSR count). The Morgan fingerprint density at radius 2 is 1.81 bits per heavy atom. The topological polar surface area (TPSA) is 61.8 Å². The molecule has 0 amide bonds. The van der Waals surface area contributed by atoms with Gasteiger partial charge in [-0.2, -0.15) is 9.59 Å². The summed E-state index contributed by atoms with van der Waals surface area (Å²) in [6.45, 7) is 4.72. The van der Waals surface area contributed by atoms with Crippen LogP contribution in [0.5, 0.6) is 0 Å². The van der Waals surface area contributed by atoms with E-state index in [1.54, 1.807) is 0 Å². The third-order valence-electron chi connectivity index (χ3n) is 6.58. The van der Waals surface area contributed by atoms with Crippen molar-refractivity contribution >= 4 is 6.15 Å². The van der Waals surface area contributed by atoms with E-state index < -0.39 is 0 Å². The largest absolute Gasteiger partial charge is 0.373 e. The van der Waals surface area contributed by atoms with Gasteiger partial charge in [0.15, 0.2) is 6.29 Å². The van der Waals surface area contributed by atoms with Crippen LogP contribution in [-0.4, -0.2) is 25.7 Å². The van der Waals surface area contributed by atoms with Crippen LogP contribution in [-0.2, 0) is 36.0 Å². The summed E-state index contributed by atoms with van der Waals surface area (Å²) in [6, 6.07) is 8.91. The van der Waals surface area contributed by atoms with Crippen molar-refractivity contribution in [3.8, 4) is 0 Å². The van der Waals surface area contributed by atoms with Gasteiger partial charge in [0.05, 0.1) is 18.8 Å². The van der Waals surface area contributed by atoms with Gasteiger partial charge in [0.2, 0.25) is 0 Å². The molecule has 27 heavy (non-hydrogen) atoms. The van der Waals surface area contributed by atoms with E-state index >= 15 is 0 Å². The van der Waals surface area contributed by atoms with E-state index in [9.17, 15) is 0 Å². The van der Waals surface area contributed by atoms with Crippen molar-refractivity contribution in [1.29, 1.82) is 0 Å². The summed E-state index contributed by atoms with van der Waals surface area (Å²) >= 11 is 0. The highest BCUT2D eigenvalue weighted by atomic mass is 16.7. The Hall–Kier alpha value is -1.52. The van der Waals surface area contributed by atoms with Gasteiger partial charge in [-0.1, -0.05) is 31.2 Å². The zero-order valence-corrected chi connectivity index (χ0v) is 16.2. The predicted molar refractivity (Wildman–Crippen MR) is 98.7 cm³/mol. The fourth-order valence-corrected chi connectivity index (χ4v) is 4.53. The Morgan fingerprint density at radius 3 is 2.33 bits per heavy atom. The summed E-state index contributed by atoms with van der Waals surface area (Å²) in [5.41, 5.74) is 3.02. The summed E-state index contributed by atoms with van der Waals surface area (Å²) in [5, 5.41) is 0. The Balaban J connectivity index is 0.000000659. The number of fused-ring (bicyclic) bond motifs is 3. The van der Waals surface area contributed by atoms with Gasteiger partial charge in [0.1, 0.15) is 0 Å². The standard InChI is InChI=1S/C21H30O3.CO2/c1-2-20-10-12-21(13-11-20,24-16-20)18-8-6-17(7-9-18)15-23-19-5-3-4-14-22-19;2-1-3/h6-9,19H,2-5,10-16H2,1H3;. The summed E-state index contributed by atoms with van der Waals surface area (Å²) in [4.78, 5) is 16.2. The average Bonchev–Trinajstić information content (AvgIpc) is 2.75. The third-order valence-corrected chi connectivity index (χ3v) is 6.58. The SMILES string of the molecule is CCC12CCC(c3ccc(COC4CCCCO4)cc3)(CC1)OC2.O=C=O. The molecule has 0 spiro atoms. The molecule has 5 heteroatoms. The molecule has 1 aromatic rings. The zero-order chi connectivity index (χ0) is 19.2. The van der Waals surface area contributed by atoms with E-state index in [1.807, 2.05) is 0 Å². The van der Waals surface area contributed by atoms with E-state index in [2.05, 4.69) is 31.2 Å². The van der Waals surface area contributed by atoms with Gasteiger partial charge in [0, 0.05) is 6.61 Å². The van der Waals surface area contributed by atoms with Gasteiger partial charge in [-0.3, -0.25) is 0 Å². The Morgan fingerprint density at radius 1 is 1.11 bits per heavy atom. The van der Waals surface area contributed by atoms with Crippen LogP contribution in [0.4, 0.5) is 0 Å². The quantitative estimate of drug-likeness (QED) is 0.767. The summed E-state index contributed by atoms with van der Waals surface area (Å²) in [5.74, 6) is 0. The van der Waals surface area contributed by atoms with Crippen LogP contribution in [0.25, 0.3) is 0 Å². The predicted octanol–water partition coefficient (Wildman–Crippen LogP) is 4.34. The third kappa shape index (κ3) is 4.67. The minimum Gasteiger partial charge on any atom is -0.370 e. The van der Waals surface area contributed by atoms with Crippen LogP contribution in [0, 0.1) is 5.41 Å². The van der Waals surface area contributed by atoms with Crippen LogP contribution in [0.3, 0.4) is 0 Å². The van der Waals surface area contributed by atoms with Gasteiger partial charge in [-0.25, -0.2) is 0 Å². The molecular weight excluding hydrogens is 344 g/mol. The minimum atomic E-state index is -0.0250. The van der Waals surface area contributed by atoms with Crippen molar-refractivity contribution < 1.29 is 23.8 Å². The smallest absolute Gasteiger partial charge is 0.370 e. The van der Waals surface area contributed by atoms with E-state index in [4.69, 9.17) is 23.8 Å². The molecule has 0 radical (unpaired) electrons. The first-order valence-corrected chi connectivity index (χ1v) is 10.1. The number of carbonyl (C=O) groups excluding carboxylic acids is 2. The number of benzene rings is 1. The normalized spacial score (nSPS) is 32.3. The second-order valence-electron chi connectivity index (χ2n) is 8.02. The fraction of sp³-hybridized carbons (Fsp3) is 0.682. The summed E-state index contributed by atoms with van der Waals surface area (Å²) < 4.78 is 17.9. The molecule has 3 saturated heterocycles. The van der Waals surface area contributed by atoms with Crippen LogP contribution in [0.1, 0.15) is 69.4 Å². The second kappa shape index (κ2) is 9.11. The van der Waals surface area contributed by atoms with Crippen LogP contribution < -0.4 is 0 Å². The van der Waals surface area contributed by atoms with Crippen molar-refractivity contribution in [3.63, 3.8) is 0 Å². The first-order valence-electron chi connectivity index (χ1n) is 10.1. The van der Waals surface area contributed by atoms with Gasteiger partial charge in [0.25, 0.3) is 0 Å². The van der Waals surface area contributed by atoms with Crippen molar-refractivity contribution in [2.45, 2.75) is 76.8 Å². The zero-order valence-electron chi connectivity index (χ0n) is 16.2. The lowest BCUT2D eigenvalue weighted by atomic mass is 9.63. The molecule has 3 heterocycles. The lowest BCUT2D eigenvalue weighted by Gasteiger charge is -2.53. The van der Waals surface area contributed by atoms with Crippen molar-refractivity contribution in [2.75, 3.05) is 13.2 Å². The Labute approximate surface area is 161 Å². The molecular formula is C22H30O5. The fourth-order valence-electron chi connectivity index (χ4n) is 4.53. The molecule has 0 N–H and O–H groups in total. The molecule has 1 aliphatic carbocycles. The number of rotatable bonds is 5. The molecule has 1 aromatic carbocycles. The first kappa shape index (κ1) is 20.2. The molecule has 0 aromatic heterocycles. The highest BCUT2D eigenvalue weighted by Gasteiger charge is 2.49. The average molecular weight is 374 g/mol. The van der Waals surface area contributed by atoms with Crippen LogP contribution >= 0.6 is 0 Å². The van der Waals surface area contributed by atoms with Gasteiger partial charge in [-0.15, -0.1) is 0 Å². The molecule has 5 nitrogen and oxygen atoms in total. The molecule has 1 unspecified atom stereocenters. The van der Waals surface area contributed by atoms with Crippen LogP contribution in [0.15, 0.2) is 24.3 Å². The Bertz CT molecular complexity index is 602. The summed E-state index contributed by atoms with van der Waals surface area (Å²) in [7, 11) is 0. The van der Waals surface area contributed by atoms with Crippen molar-refractivity contribution in [1.82, 2.24) is 0 Å². The molecule has 3 aliphatic heterocycles. The molecule has 4 aliphatic rings. The molecule has 1 atom stereocenters. The lowest BCUT2D eigenvalue weighted by molar-refractivity contribution is -0.191.